The van der Waals surface area contributed by atoms with Crippen molar-refractivity contribution in [3.8, 4) is 0 Å². The summed E-state index contributed by atoms with van der Waals surface area (Å²) >= 11 is 0. The van der Waals surface area contributed by atoms with Crippen molar-refractivity contribution in [1.82, 2.24) is 4.90 Å². The van der Waals surface area contributed by atoms with E-state index in [1.165, 1.54) is 32.1 Å². The molecule has 0 unspecified atom stereocenters. The summed E-state index contributed by atoms with van der Waals surface area (Å²) < 4.78 is 0. The number of nitrogens with two attached hydrogens (primary N) is 1. The van der Waals surface area contributed by atoms with Crippen LogP contribution in [0.3, 0.4) is 0 Å². The molecule has 3 aliphatic carbocycles. The summed E-state index contributed by atoms with van der Waals surface area (Å²) in [4.78, 5) is 14.5. The molecular weight excluding hydrogens is 260 g/mol. The van der Waals surface area contributed by atoms with Crippen molar-refractivity contribution < 1.29 is 4.79 Å². The Morgan fingerprint density at radius 1 is 1.16 bits per heavy atom. The molecule has 0 aromatic rings. The van der Waals surface area contributed by atoms with E-state index in [4.69, 9.17) is 5.73 Å². The van der Waals surface area contributed by atoms with Crippen LogP contribution < -0.4 is 5.73 Å². The summed E-state index contributed by atoms with van der Waals surface area (Å²) in [5, 5.41) is 0. The van der Waals surface area contributed by atoms with E-state index in [9.17, 15) is 4.79 Å². The third-order valence-corrected chi connectivity index (χ3v) is 5.21. The lowest BCUT2D eigenvalue weighted by Crippen LogP contribution is -2.41. The smallest absolute Gasteiger partial charge is 0.222 e. The molecule has 0 heterocycles. The van der Waals surface area contributed by atoms with Gasteiger partial charge in [0.15, 0.2) is 0 Å². The van der Waals surface area contributed by atoms with Crippen molar-refractivity contribution >= 4 is 18.3 Å². The minimum absolute atomic E-state index is 0. The fourth-order valence-corrected chi connectivity index (χ4v) is 3.75. The summed E-state index contributed by atoms with van der Waals surface area (Å²) in [5.74, 6) is 2.41. The largest absolute Gasteiger partial charge is 0.342 e. The molecule has 3 rings (SSSR count). The molecule has 1 amide bonds. The van der Waals surface area contributed by atoms with E-state index in [1.807, 2.05) is 7.05 Å². The van der Waals surface area contributed by atoms with Gasteiger partial charge in [-0.2, -0.15) is 0 Å². The molecule has 0 aliphatic heterocycles. The molecule has 0 radical (unpaired) electrons. The zero-order chi connectivity index (χ0) is 12.7. The molecule has 3 fully saturated rings. The maximum absolute atomic E-state index is 12.4. The summed E-state index contributed by atoms with van der Waals surface area (Å²) in [5.41, 5.74) is 6.08. The highest BCUT2D eigenvalue weighted by atomic mass is 35.5. The van der Waals surface area contributed by atoms with Crippen molar-refractivity contribution in [3.63, 3.8) is 0 Å². The number of hydrogen-bond acceptors (Lipinski definition) is 2. The lowest BCUT2D eigenvalue weighted by Gasteiger charge is -2.30. The molecule has 19 heavy (non-hydrogen) atoms. The molecule has 3 nitrogen and oxygen atoms in total. The standard InChI is InChI=1S/C15H26N2O.ClH/c1-17(15(10-5-6-10)11-7-8-11)14(18)9-12-3-2-4-13(12)16;/h10-13,15H,2-9,16H2,1H3;1H/t12-,13+;/m0./s1. The highest BCUT2D eigenvalue weighted by Gasteiger charge is 2.45. The van der Waals surface area contributed by atoms with Gasteiger partial charge in [-0.1, -0.05) is 6.42 Å². The monoisotopic (exact) mass is 286 g/mol. The van der Waals surface area contributed by atoms with Crippen molar-refractivity contribution in [3.05, 3.63) is 0 Å². The fourth-order valence-electron chi connectivity index (χ4n) is 3.75. The Kier molecular flexibility index (Phi) is 4.78. The van der Waals surface area contributed by atoms with E-state index in [0.29, 0.717) is 24.3 Å². The molecular formula is C15H27ClN2O. The molecule has 0 saturated heterocycles. The van der Waals surface area contributed by atoms with Crippen molar-refractivity contribution in [2.45, 2.75) is 63.5 Å². The van der Waals surface area contributed by atoms with Crippen LogP contribution in [-0.4, -0.2) is 29.9 Å². The molecule has 4 heteroatoms. The Morgan fingerprint density at radius 3 is 2.16 bits per heavy atom. The molecule has 0 aromatic heterocycles. The van der Waals surface area contributed by atoms with Crippen LogP contribution in [0.4, 0.5) is 0 Å². The van der Waals surface area contributed by atoms with Gasteiger partial charge in [-0.25, -0.2) is 0 Å². The first-order valence-corrected chi connectivity index (χ1v) is 7.68. The number of carbonyl (C=O) groups excluding carboxylic acids is 1. The van der Waals surface area contributed by atoms with Gasteiger partial charge in [-0.15, -0.1) is 12.4 Å². The highest BCUT2D eigenvalue weighted by molar-refractivity contribution is 5.85. The van der Waals surface area contributed by atoms with Gasteiger partial charge < -0.3 is 10.6 Å². The Bertz CT molecular complexity index is 316. The van der Waals surface area contributed by atoms with Crippen LogP contribution in [0.1, 0.15) is 51.4 Å². The van der Waals surface area contributed by atoms with Crippen LogP contribution in [0.5, 0.6) is 0 Å². The molecule has 2 atom stereocenters. The predicted molar refractivity (Wildman–Crippen MR) is 79.2 cm³/mol. The maximum atomic E-state index is 12.4. The van der Waals surface area contributed by atoms with E-state index in [-0.39, 0.29) is 18.4 Å². The molecule has 3 saturated carbocycles. The SMILES string of the molecule is CN(C(=O)C[C@@H]1CCC[C@H]1N)C(C1CC1)C1CC1.Cl. The normalized spacial score (nSPS) is 30.3. The van der Waals surface area contributed by atoms with E-state index in [0.717, 1.165) is 24.7 Å². The highest BCUT2D eigenvalue weighted by Crippen LogP contribution is 2.47. The predicted octanol–water partition coefficient (Wildman–Crippen LogP) is 2.57. The van der Waals surface area contributed by atoms with Crippen LogP contribution >= 0.6 is 12.4 Å². The lowest BCUT2D eigenvalue weighted by molar-refractivity contribution is -0.134. The van der Waals surface area contributed by atoms with Gasteiger partial charge in [-0.3, -0.25) is 4.79 Å². The van der Waals surface area contributed by atoms with Gasteiger partial charge in [0.05, 0.1) is 0 Å². The second-order valence-electron chi connectivity index (χ2n) is 6.73. The van der Waals surface area contributed by atoms with Crippen LogP contribution in [-0.2, 0) is 4.79 Å². The molecule has 0 aromatic carbocycles. The summed E-state index contributed by atoms with van der Waals surface area (Å²) in [7, 11) is 2.03. The summed E-state index contributed by atoms with van der Waals surface area (Å²) in [6, 6.07) is 0.817. The van der Waals surface area contributed by atoms with Gasteiger partial charge in [0.2, 0.25) is 5.91 Å². The Balaban J connectivity index is 0.00000133. The van der Waals surface area contributed by atoms with Gasteiger partial charge in [-0.05, 0) is 56.3 Å². The quantitative estimate of drug-likeness (QED) is 0.844. The topological polar surface area (TPSA) is 46.3 Å². The molecule has 2 N–H and O–H groups in total. The molecule has 0 spiro atoms. The molecule has 3 aliphatic rings. The Labute approximate surface area is 122 Å². The first kappa shape index (κ1) is 15.1. The zero-order valence-corrected chi connectivity index (χ0v) is 12.7. The lowest BCUT2D eigenvalue weighted by atomic mass is 9.98. The van der Waals surface area contributed by atoms with Crippen LogP contribution in [0.25, 0.3) is 0 Å². The van der Waals surface area contributed by atoms with Gasteiger partial charge in [0.1, 0.15) is 0 Å². The van der Waals surface area contributed by atoms with E-state index in [2.05, 4.69) is 4.90 Å². The number of amides is 1. The van der Waals surface area contributed by atoms with Gasteiger partial charge >= 0.3 is 0 Å². The van der Waals surface area contributed by atoms with E-state index in [1.54, 1.807) is 0 Å². The van der Waals surface area contributed by atoms with Gasteiger partial charge in [0.25, 0.3) is 0 Å². The fraction of sp³-hybridized carbons (Fsp3) is 0.933. The zero-order valence-electron chi connectivity index (χ0n) is 11.9. The summed E-state index contributed by atoms with van der Waals surface area (Å²) in [6.07, 6.45) is 9.49. The number of hydrogen-bond donors (Lipinski definition) is 1. The minimum Gasteiger partial charge on any atom is -0.342 e. The third kappa shape index (κ3) is 3.43. The number of rotatable bonds is 5. The third-order valence-electron chi connectivity index (χ3n) is 5.21. The minimum atomic E-state index is 0. The van der Waals surface area contributed by atoms with Crippen LogP contribution in [0, 0.1) is 17.8 Å². The van der Waals surface area contributed by atoms with Crippen molar-refractivity contribution in [2.75, 3.05) is 7.05 Å². The molecule has 110 valence electrons. The van der Waals surface area contributed by atoms with E-state index < -0.39 is 0 Å². The average molecular weight is 287 g/mol. The summed E-state index contributed by atoms with van der Waals surface area (Å²) in [6.45, 7) is 0. The van der Waals surface area contributed by atoms with Crippen LogP contribution in [0.15, 0.2) is 0 Å². The van der Waals surface area contributed by atoms with Gasteiger partial charge in [0, 0.05) is 25.6 Å². The Morgan fingerprint density at radius 2 is 1.74 bits per heavy atom. The Hall–Kier alpha value is -0.280. The maximum Gasteiger partial charge on any atom is 0.222 e. The molecule has 0 bridgehead atoms. The number of nitrogens with zero attached hydrogens (tertiary/aromatic N) is 1. The van der Waals surface area contributed by atoms with Crippen molar-refractivity contribution in [2.24, 2.45) is 23.5 Å². The average Bonchev–Trinajstić information content (AvgIpc) is 3.23. The van der Waals surface area contributed by atoms with Crippen LogP contribution in [0.2, 0.25) is 0 Å². The first-order chi connectivity index (χ1) is 8.66. The number of carbonyl (C=O) groups is 1. The van der Waals surface area contributed by atoms with E-state index >= 15 is 0 Å². The number of halogens is 1. The van der Waals surface area contributed by atoms with Crippen molar-refractivity contribution in [1.29, 1.82) is 0 Å². The first-order valence-electron chi connectivity index (χ1n) is 7.68. The second-order valence-corrected chi connectivity index (χ2v) is 6.73. The second kappa shape index (κ2) is 6.01.